The molecule has 0 spiro atoms. The van der Waals surface area contributed by atoms with Crippen LogP contribution in [-0.2, 0) is 21.4 Å². The van der Waals surface area contributed by atoms with Gasteiger partial charge in [-0.1, -0.05) is 17.3 Å². The van der Waals surface area contributed by atoms with Crippen molar-refractivity contribution in [2.75, 3.05) is 13.1 Å². The van der Waals surface area contributed by atoms with Crippen molar-refractivity contribution in [1.29, 1.82) is 0 Å². The van der Waals surface area contributed by atoms with Crippen LogP contribution in [0.1, 0.15) is 38.3 Å². The molecule has 0 aliphatic carbocycles. The van der Waals surface area contributed by atoms with Crippen LogP contribution in [0.3, 0.4) is 0 Å². The molecule has 4 rings (SSSR count). The smallest absolute Gasteiger partial charge is 0.243 e. The molecule has 1 aliphatic heterocycles. The highest BCUT2D eigenvalue weighted by Gasteiger charge is 2.33. The number of benzene rings is 2. The lowest BCUT2D eigenvalue weighted by molar-refractivity contribution is -0.126. The summed E-state index contributed by atoms with van der Waals surface area (Å²) in [7, 11) is -3.77. The molecule has 0 unspecified atom stereocenters. The Labute approximate surface area is 186 Å². The number of amides is 1. The van der Waals surface area contributed by atoms with Gasteiger partial charge in [0.05, 0.1) is 16.3 Å². The average molecular weight is 460 g/mol. The van der Waals surface area contributed by atoms with Gasteiger partial charge in [0.1, 0.15) is 11.3 Å². The molecule has 2 aromatic carbocycles. The molecular formula is C22H26FN5O3S. The van der Waals surface area contributed by atoms with Crippen molar-refractivity contribution in [1.82, 2.24) is 24.6 Å². The van der Waals surface area contributed by atoms with E-state index in [0.29, 0.717) is 24.9 Å². The first-order valence-electron chi connectivity index (χ1n) is 10.6. The van der Waals surface area contributed by atoms with E-state index in [4.69, 9.17) is 0 Å². The predicted octanol–water partition coefficient (Wildman–Crippen LogP) is 2.87. The number of sulfonamides is 1. The fourth-order valence-corrected chi connectivity index (χ4v) is 5.47. The molecule has 32 heavy (non-hydrogen) atoms. The number of halogens is 1. The third-order valence-corrected chi connectivity index (χ3v) is 7.57. The van der Waals surface area contributed by atoms with Crippen LogP contribution >= 0.6 is 0 Å². The standard InChI is InChI=1S/C22H26FN5O3S/c1-15(2)28-21-10-9-19(12-20(21)25-26-28)32(30,31)27-11-3-4-17(14-27)22(29)24-13-16-5-7-18(23)8-6-16/h5-10,12,15,17H,3-4,11,13-14H2,1-2H3,(H,24,29)/t17-/m1/s1. The Hall–Kier alpha value is -2.85. The summed E-state index contributed by atoms with van der Waals surface area (Å²) in [4.78, 5) is 12.8. The molecule has 1 fully saturated rings. The van der Waals surface area contributed by atoms with Crippen LogP contribution in [0.4, 0.5) is 4.39 Å². The van der Waals surface area contributed by atoms with Crippen LogP contribution in [-0.4, -0.2) is 46.7 Å². The van der Waals surface area contributed by atoms with E-state index in [2.05, 4.69) is 15.6 Å². The Morgan fingerprint density at radius 3 is 2.69 bits per heavy atom. The van der Waals surface area contributed by atoms with Gasteiger partial charge in [0.25, 0.3) is 0 Å². The van der Waals surface area contributed by atoms with E-state index in [-0.39, 0.29) is 35.8 Å². The minimum absolute atomic E-state index is 0.110. The number of carbonyl (C=O) groups excluding carboxylic acids is 1. The van der Waals surface area contributed by atoms with E-state index >= 15 is 0 Å². The molecule has 170 valence electrons. The lowest BCUT2D eigenvalue weighted by atomic mass is 9.99. The van der Waals surface area contributed by atoms with Crippen LogP contribution in [0.15, 0.2) is 47.4 Å². The van der Waals surface area contributed by atoms with Crippen LogP contribution in [0.2, 0.25) is 0 Å². The first kappa shape index (κ1) is 22.3. The fraction of sp³-hybridized carbons (Fsp3) is 0.409. The number of nitrogens with one attached hydrogen (secondary N) is 1. The minimum Gasteiger partial charge on any atom is -0.352 e. The first-order valence-corrected chi connectivity index (χ1v) is 12.1. The molecule has 1 atom stereocenters. The Morgan fingerprint density at radius 1 is 1.22 bits per heavy atom. The van der Waals surface area contributed by atoms with E-state index in [1.54, 1.807) is 28.9 Å². The molecule has 0 saturated carbocycles. The highest BCUT2D eigenvalue weighted by molar-refractivity contribution is 7.89. The van der Waals surface area contributed by atoms with Crippen LogP contribution in [0.5, 0.6) is 0 Å². The number of carbonyl (C=O) groups is 1. The van der Waals surface area contributed by atoms with Gasteiger partial charge in [-0.05, 0) is 62.6 Å². The highest BCUT2D eigenvalue weighted by atomic mass is 32.2. The van der Waals surface area contributed by atoms with Gasteiger partial charge >= 0.3 is 0 Å². The SMILES string of the molecule is CC(C)n1nnc2cc(S(=O)(=O)N3CCC[C@@H](C(=O)NCc4ccc(F)cc4)C3)ccc21. The third kappa shape index (κ3) is 4.51. The van der Waals surface area contributed by atoms with Gasteiger partial charge in [-0.3, -0.25) is 4.79 Å². The second kappa shape index (κ2) is 8.95. The molecule has 0 radical (unpaired) electrons. The monoisotopic (exact) mass is 459 g/mol. The molecule has 8 nitrogen and oxygen atoms in total. The van der Waals surface area contributed by atoms with Crippen molar-refractivity contribution >= 4 is 27.0 Å². The Morgan fingerprint density at radius 2 is 1.97 bits per heavy atom. The zero-order valence-corrected chi connectivity index (χ0v) is 18.8. The molecule has 1 aliphatic rings. The lowest BCUT2D eigenvalue weighted by Crippen LogP contribution is -2.45. The van der Waals surface area contributed by atoms with Crippen molar-refractivity contribution in [3.63, 3.8) is 0 Å². The van der Waals surface area contributed by atoms with Gasteiger partial charge in [-0.15, -0.1) is 5.10 Å². The van der Waals surface area contributed by atoms with Gasteiger partial charge in [0.2, 0.25) is 15.9 Å². The molecule has 1 saturated heterocycles. The van der Waals surface area contributed by atoms with Crippen molar-refractivity contribution in [3.05, 3.63) is 53.8 Å². The van der Waals surface area contributed by atoms with E-state index in [1.165, 1.54) is 22.5 Å². The second-order valence-corrected chi connectivity index (χ2v) is 10.3. The largest absolute Gasteiger partial charge is 0.352 e. The zero-order chi connectivity index (χ0) is 22.9. The Balaban J connectivity index is 1.46. The number of rotatable bonds is 6. The summed E-state index contributed by atoms with van der Waals surface area (Å²) in [5.41, 5.74) is 2.07. The van der Waals surface area contributed by atoms with Crippen LogP contribution in [0, 0.1) is 11.7 Å². The van der Waals surface area contributed by atoms with E-state index in [1.807, 2.05) is 13.8 Å². The summed E-state index contributed by atoms with van der Waals surface area (Å²) in [6.07, 6.45) is 1.21. The summed E-state index contributed by atoms with van der Waals surface area (Å²) in [6.45, 7) is 4.71. The van der Waals surface area contributed by atoms with Gasteiger partial charge in [-0.25, -0.2) is 17.5 Å². The number of fused-ring (bicyclic) bond motifs is 1. The summed E-state index contributed by atoms with van der Waals surface area (Å²) >= 11 is 0. The summed E-state index contributed by atoms with van der Waals surface area (Å²) in [6, 6.07) is 10.8. The maximum absolute atomic E-state index is 13.3. The van der Waals surface area contributed by atoms with Gasteiger partial charge < -0.3 is 5.32 Å². The second-order valence-electron chi connectivity index (χ2n) is 8.32. The number of piperidine rings is 1. The van der Waals surface area contributed by atoms with Crippen molar-refractivity contribution in [2.45, 2.75) is 44.2 Å². The molecular weight excluding hydrogens is 433 g/mol. The Kier molecular flexibility index (Phi) is 6.25. The number of aromatic nitrogens is 3. The normalized spacial score (nSPS) is 17.7. The lowest BCUT2D eigenvalue weighted by Gasteiger charge is -2.31. The average Bonchev–Trinajstić information content (AvgIpc) is 3.22. The zero-order valence-electron chi connectivity index (χ0n) is 18.0. The van der Waals surface area contributed by atoms with Crippen molar-refractivity contribution in [3.8, 4) is 0 Å². The number of hydrogen-bond donors (Lipinski definition) is 1. The van der Waals surface area contributed by atoms with Crippen molar-refractivity contribution < 1.29 is 17.6 Å². The molecule has 3 aromatic rings. The maximum atomic E-state index is 13.3. The highest BCUT2D eigenvalue weighted by Crippen LogP contribution is 2.26. The van der Waals surface area contributed by atoms with Gasteiger partial charge in [0.15, 0.2) is 0 Å². The molecule has 1 amide bonds. The van der Waals surface area contributed by atoms with E-state index in [9.17, 15) is 17.6 Å². The van der Waals surface area contributed by atoms with Crippen LogP contribution in [0.25, 0.3) is 11.0 Å². The molecule has 2 heterocycles. The van der Waals surface area contributed by atoms with E-state index in [0.717, 1.165) is 11.1 Å². The molecule has 1 N–H and O–H groups in total. The minimum atomic E-state index is -3.77. The van der Waals surface area contributed by atoms with E-state index < -0.39 is 15.9 Å². The molecule has 10 heteroatoms. The number of hydrogen-bond acceptors (Lipinski definition) is 5. The van der Waals surface area contributed by atoms with Crippen LogP contribution < -0.4 is 5.32 Å². The maximum Gasteiger partial charge on any atom is 0.243 e. The fourth-order valence-electron chi connectivity index (χ4n) is 3.92. The first-order chi connectivity index (χ1) is 15.3. The topological polar surface area (TPSA) is 97.2 Å². The molecule has 1 aromatic heterocycles. The predicted molar refractivity (Wildman–Crippen MR) is 118 cm³/mol. The quantitative estimate of drug-likeness (QED) is 0.611. The Bertz CT molecular complexity index is 1220. The summed E-state index contributed by atoms with van der Waals surface area (Å²) < 4.78 is 42.7. The van der Waals surface area contributed by atoms with Crippen molar-refractivity contribution in [2.24, 2.45) is 5.92 Å². The summed E-state index contributed by atoms with van der Waals surface area (Å²) in [5, 5.41) is 11.0. The third-order valence-electron chi connectivity index (χ3n) is 5.70. The molecule has 0 bridgehead atoms. The number of nitrogens with zero attached hydrogens (tertiary/aromatic N) is 4. The van der Waals surface area contributed by atoms with Gasteiger partial charge in [0, 0.05) is 25.7 Å². The summed E-state index contributed by atoms with van der Waals surface area (Å²) in [5.74, 6) is -0.979. The van der Waals surface area contributed by atoms with Gasteiger partial charge in [-0.2, -0.15) is 4.31 Å².